The largest absolute Gasteiger partial charge is 0.342 e. The molecular weight excluding hydrogens is 232 g/mol. The molecule has 0 saturated carbocycles. The highest BCUT2D eigenvalue weighted by Gasteiger charge is 2.00. The third-order valence-corrected chi connectivity index (χ3v) is 2.41. The van der Waals surface area contributed by atoms with Gasteiger partial charge >= 0.3 is 5.69 Å². The van der Waals surface area contributed by atoms with E-state index in [-0.39, 0.29) is 0 Å². The van der Waals surface area contributed by atoms with E-state index in [9.17, 15) is 9.59 Å². The minimum Gasteiger partial charge on any atom is -0.342 e. The number of aromatic nitrogens is 2. The lowest BCUT2D eigenvalue weighted by Crippen LogP contribution is -2.22. The fourth-order valence-corrected chi connectivity index (χ4v) is 1.60. The van der Waals surface area contributed by atoms with Gasteiger partial charge in [-0.15, -0.1) is 0 Å². The predicted octanol–water partition coefficient (Wildman–Crippen LogP) is 1.45. The van der Waals surface area contributed by atoms with Crippen LogP contribution in [0, 0.1) is 6.92 Å². The van der Waals surface area contributed by atoms with Gasteiger partial charge in [0, 0.05) is 11.8 Å². The van der Waals surface area contributed by atoms with Gasteiger partial charge in [-0.25, -0.2) is 4.79 Å². The third-order valence-electron chi connectivity index (χ3n) is 2.41. The van der Waals surface area contributed by atoms with E-state index in [1.807, 2.05) is 13.0 Å². The molecule has 0 radical (unpaired) electrons. The average Bonchev–Trinajstić information content (AvgIpc) is 2.27. The van der Waals surface area contributed by atoms with Crippen LogP contribution >= 0.6 is 0 Å². The summed E-state index contributed by atoms with van der Waals surface area (Å²) in [5, 5.41) is 2.94. The normalized spacial score (nSPS) is 10.1. The SMILES string of the molecule is C=Nc1ccc(Nc2cc(=O)[nH]c(=O)[nH]2)cc1C. The second kappa shape index (κ2) is 4.70. The van der Waals surface area contributed by atoms with Crippen molar-refractivity contribution < 1.29 is 0 Å². The van der Waals surface area contributed by atoms with E-state index in [4.69, 9.17) is 0 Å². The van der Waals surface area contributed by atoms with Crippen LogP contribution in [0.1, 0.15) is 5.56 Å². The molecule has 0 amide bonds. The van der Waals surface area contributed by atoms with Crippen LogP contribution in [0.4, 0.5) is 17.2 Å². The van der Waals surface area contributed by atoms with Gasteiger partial charge in [0.15, 0.2) is 0 Å². The fraction of sp³-hybridized carbons (Fsp3) is 0.0833. The van der Waals surface area contributed by atoms with Crippen molar-refractivity contribution in [2.75, 3.05) is 5.32 Å². The summed E-state index contributed by atoms with van der Waals surface area (Å²) < 4.78 is 0. The van der Waals surface area contributed by atoms with Crippen LogP contribution in [-0.4, -0.2) is 16.7 Å². The highest BCUT2D eigenvalue weighted by Crippen LogP contribution is 2.23. The molecule has 0 aliphatic carbocycles. The van der Waals surface area contributed by atoms with E-state index in [1.165, 1.54) is 6.07 Å². The molecule has 0 atom stereocenters. The zero-order valence-corrected chi connectivity index (χ0v) is 9.78. The summed E-state index contributed by atoms with van der Waals surface area (Å²) in [4.78, 5) is 30.7. The molecule has 1 aromatic heterocycles. The minimum atomic E-state index is -0.550. The van der Waals surface area contributed by atoms with Gasteiger partial charge < -0.3 is 5.32 Å². The number of rotatable bonds is 3. The molecule has 2 rings (SSSR count). The standard InChI is InChI=1S/C12H12N4O2/c1-7-5-8(3-4-9(7)13-2)14-10-6-11(17)16-12(18)15-10/h3-6H,2H2,1H3,(H3,14,15,16,17,18). The summed E-state index contributed by atoms with van der Waals surface area (Å²) in [5.74, 6) is 0.336. The van der Waals surface area contributed by atoms with E-state index in [0.717, 1.165) is 16.9 Å². The summed E-state index contributed by atoms with van der Waals surface area (Å²) >= 11 is 0. The monoisotopic (exact) mass is 244 g/mol. The molecule has 0 aliphatic heterocycles. The maximum Gasteiger partial charge on any atom is 0.327 e. The van der Waals surface area contributed by atoms with Crippen LogP contribution in [0.2, 0.25) is 0 Å². The average molecular weight is 244 g/mol. The Labute approximate surface area is 102 Å². The van der Waals surface area contributed by atoms with Crippen molar-refractivity contribution in [3.8, 4) is 0 Å². The van der Waals surface area contributed by atoms with Crippen LogP contribution in [0.3, 0.4) is 0 Å². The molecule has 0 saturated heterocycles. The van der Waals surface area contributed by atoms with E-state index in [2.05, 4.69) is 27.0 Å². The lowest BCUT2D eigenvalue weighted by molar-refractivity contribution is 1.04. The Bertz CT molecular complexity index is 671. The number of benzene rings is 1. The summed E-state index contributed by atoms with van der Waals surface area (Å²) in [6.45, 7) is 5.36. The number of aryl methyl sites for hydroxylation is 1. The topological polar surface area (TPSA) is 90.1 Å². The highest BCUT2D eigenvalue weighted by atomic mass is 16.2. The van der Waals surface area contributed by atoms with Crippen molar-refractivity contribution in [1.82, 2.24) is 9.97 Å². The number of hydrogen-bond acceptors (Lipinski definition) is 4. The summed E-state index contributed by atoms with van der Waals surface area (Å²) in [7, 11) is 0. The number of nitrogens with zero attached hydrogens (tertiary/aromatic N) is 1. The van der Waals surface area contributed by atoms with Crippen LogP contribution in [-0.2, 0) is 0 Å². The molecule has 2 aromatic rings. The molecule has 0 bridgehead atoms. The lowest BCUT2D eigenvalue weighted by atomic mass is 10.2. The van der Waals surface area contributed by atoms with Crippen molar-refractivity contribution in [3.63, 3.8) is 0 Å². The Morgan fingerprint density at radius 1 is 1.22 bits per heavy atom. The summed E-state index contributed by atoms with van der Waals surface area (Å²) in [6.07, 6.45) is 0. The van der Waals surface area contributed by atoms with E-state index < -0.39 is 11.2 Å². The molecule has 6 heteroatoms. The molecule has 18 heavy (non-hydrogen) atoms. The van der Waals surface area contributed by atoms with Gasteiger partial charge in [0.1, 0.15) is 5.82 Å². The number of H-pyrrole nitrogens is 2. The van der Waals surface area contributed by atoms with Gasteiger partial charge in [-0.2, -0.15) is 0 Å². The van der Waals surface area contributed by atoms with Gasteiger partial charge in [0.05, 0.1) is 5.69 Å². The maximum atomic E-state index is 11.1. The molecular formula is C12H12N4O2. The number of anilines is 2. The first kappa shape index (κ1) is 11.8. The van der Waals surface area contributed by atoms with E-state index in [1.54, 1.807) is 12.1 Å². The van der Waals surface area contributed by atoms with Crippen molar-refractivity contribution in [2.45, 2.75) is 6.92 Å². The van der Waals surface area contributed by atoms with Gasteiger partial charge in [-0.05, 0) is 37.4 Å². The minimum absolute atomic E-state index is 0.336. The first-order valence-electron chi connectivity index (χ1n) is 5.26. The van der Waals surface area contributed by atoms with E-state index in [0.29, 0.717) is 5.82 Å². The predicted molar refractivity (Wildman–Crippen MR) is 71.4 cm³/mol. The molecule has 92 valence electrons. The Balaban J connectivity index is 2.34. The van der Waals surface area contributed by atoms with Crippen LogP contribution in [0.15, 0.2) is 38.8 Å². The Kier molecular flexibility index (Phi) is 3.09. The number of nitrogens with one attached hydrogen (secondary N) is 3. The summed E-state index contributed by atoms with van der Waals surface area (Å²) in [6, 6.07) is 6.71. The number of aromatic amines is 2. The van der Waals surface area contributed by atoms with Gasteiger partial charge in [0.2, 0.25) is 0 Å². The highest BCUT2D eigenvalue weighted by molar-refractivity contribution is 5.62. The zero-order chi connectivity index (χ0) is 13.1. The molecule has 0 spiro atoms. The Hall–Kier alpha value is -2.63. The third kappa shape index (κ3) is 2.54. The van der Waals surface area contributed by atoms with Gasteiger partial charge in [-0.3, -0.25) is 19.8 Å². The van der Waals surface area contributed by atoms with Crippen LogP contribution in [0.5, 0.6) is 0 Å². The second-order valence-electron chi connectivity index (χ2n) is 3.79. The lowest BCUT2D eigenvalue weighted by Gasteiger charge is -2.07. The molecule has 0 fully saturated rings. The van der Waals surface area contributed by atoms with Crippen molar-refractivity contribution in [2.24, 2.45) is 4.99 Å². The number of hydrogen-bond donors (Lipinski definition) is 3. The van der Waals surface area contributed by atoms with Crippen molar-refractivity contribution >= 4 is 23.9 Å². The molecule has 1 heterocycles. The number of aliphatic imine (C=N–C) groups is 1. The quantitative estimate of drug-likeness (QED) is 0.714. The van der Waals surface area contributed by atoms with Gasteiger partial charge in [-0.1, -0.05) is 0 Å². The van der Waals surface area contributed by atoms with Gasteiger partial charge in [0.25, 0.3) is 5.56 Å². The Morgan fingerprint density at radius 2 is 2.00 bits per heavy atom. The zero-order valence-electron chi connectivity index (χ0n) is 9.78. The van der Waals surface area contributed by atoms with Crippen LogP contribution < -0.4 is 16.6 Å². The maximum absolute atomic E-state index is 11.1. The van der Waals surface area contributed by atoms with E-state index >= 15 is 0 Å². The summed E-state index contributed by atoms with van der Waals surface area (Å²) in [5.41, 5.74) is 1.48. The van der Waals surface area contributed by atoms with Crippen LogP contribution in [0.25, 0.3) is 0 Å². The Morgan fingerprint density at radius 3 is 2.61 bits per heavy atom. The molecule has 1 aromatic carbocycles. The first-order valence-corrected chi connectivity index (χ1v) is 5.26. The smallest absolute Gasteiger partial charge is 0.327 e. The molecule has 3 N–H and O–H groups in total. The first-order chi connectivity index (χ1) is 8.58. The molecule has 0 aliphatic rings. The second-order valence-corrected chi connectivity index (χ2v) is 3.79. The molecule has 6 nitrogen and oxygen atoms in total. The fourth-order valence-electron chi connectivity index (χ4n) is 1.60. The molecule has 0 unspecified atom stereocenters. The van der Waals surface area contributed by atoms with Crippen molar-refractivity contribution in [3.05, 3.63) is 50.7 Å². The van der Waals surface area contributed by atoms with Crippen molar-refractivity contribution in [1.29, 1.82) is 0 Å².